The summed E-state index contributed by atoms with van der Waals surface area (Å²) >= 11 is 6.70. The number of aromatic nitrogens is 5. The number of hydrogen-bond donors (Lipinski definition) is 1. The highest BCUT2D eigenvalue weighted by atomic mass is 35.5. The Kier molecular flexibility index (Phi) is 5.18. The summed E-state index contributed by atoms with van der Waals surface area (Å²) in [5, 5.41) is 9.31. The van der Waals surface area contributed by atoms with Crippen molar-refractivity contribution in [3.05, 3.63) is 83.1 Å². The number of nitrogens with zero attached hydrogens (tertiary/aromatic N) is 5. The number of benzene rings is 1. The summed E-state index contributed by atoms with van der Waals surface area (Å²) in [4.78, 5) is 18.1. The molecule has 5 aromatic rings. The third kappa shape index (κ3) is 4.10. The molecule has 0 fully saturated rings. The van der Waals surface area contributed by atoms with Crippen LogP contribution in [-0.4, -0.2) is 30.3 Å². The van der Waals surface area contributed by atoms with E-state index in [4.69, 9.17) is 11.6 Å². The van der Waals surface area contributed by atoms with Gasteiger partial charge < -0.3 is 5.32 Å². The van der Waals surface area contributed by atoms with E-state index in [1.54, 1.807) is 29.8 Å². The number of para-hydroxylation sites is 1. The summed E-state index contributed by atoms with van der Waals surface area (Å²) in [6.07, 6.45) is 0. The number of carbonyl (C=O) groups excluding carboxylic acids is 1. The first-order valence-corrected chi connectivity index (χ1v) is 11.0. The summed E-state index contributed by atoms with van der Waals surface area (Å²) in [6.45, 7) is 1.80. The zero-order chi connectivity index (χ0) is 23.2. The van der Waals surface area contributed by atoms with Gasteiger partial charge in [0.15, 0.2) is 11.3 Å². The Balaban J connectivity index is 1.54. The number of fused-ring (bicyclic) bond motifs is 1. The smallest absolute Gasteiger partial charge is 0.305 e. The van der Waals surface area contributed by atoms with Crippen molar-refractivity contribution >= 4 is 40.3 Å². The SMILES string of the molecule is Cc1cc(NC(=O)c2cc3nc(-c4cccs4)cc(C(F)(F)Cl)n3n2)n(-c2ccccc2)n1. The van der Waals surface area contributed by atoms with Gasteiger partial charge in [0.25, 0.3) is 5.91 Å². The molecular weight excluding hydrogens is 470 g/mol. The monoisotopic (exact) mass is 484 g/mol. The zero-order valence-corrected chi connectivity index (χ0v) is 18.6. The molecule has 166 valence electrons. The number of halogens is 3. The van der Waals surface area contributed by atoms with E-state index in [0.29, 0.717) is 22.1 Å². The summed E-state index contributed by atoms with van der Waals surface area (Å²) in [5.41, 5.74) is 1.16. The van der Waals surface area contributed by atoms with Crippen molar-refractivity contribution in [3.8, 4) is 16.3 Å². The van der Waals surface area contributed by atoms with Crippen molar-refractivity contribution in [2.45, 2.75) is 12.3 Å². The molecule has 0 saturated heterocycles. The van der Waals surface area contributed by atoms with Crippen LogP contribution in [0.1, 0.15) is 21.9 Å². The van der Waals surface area contributed by atoms with E-state index in [2.05, 4.69) is 20.5 Å². The Labute approximate surface area is 195 Å². The van der Waals surface area contributed by atoms with Gasteiger partial charge in [0.05, 0.1) is 22.0 Å². The number of thiophene rings is 1. The van der Waals surface area contributed by atoms with Gasteiger partial charge >= 0.3 is 5.38 Å². The highest BCUT2D eigenvalue weighted by Crippen LogP contribution is 2.35. The standard InChI is InChI=1S/C22H15ClF2N6OS/c1-13-10-19(30(28-13)14-6-3-2-4-7-14)27-21(32)16-12-20-26-15(17-8-5-9-33-17)11-18(22(23,24)25)31(20)29-16/h2-12H,1H3,(H,27,32). The second-order valence-electron chi connectivity index (χ2n) is 7.17. The largest absolute Gasteiger partial charge is 0.364 e. The van der Waals surface area contributed by atoms with Crippen LogP contribution >= 0.6 is 22.9 Å². The summed E-state index contributed by atoms with van der Waals surface area (Å²) in [6, 6.07) is 17.0. The Bertz CT molecular complexity index is 1460. The Morgan fingerprint density at radius 2 is 1.88 bits per heavy atom. The molecule has 1 amide bonds. The lowest BCUT2D eigenvalue weighted by molar-refractivity contribution is 0.0869. The third-order valence-electron chi connectivity index (χ3n) is 4.80. The molecule has 4 aromatic heterocycles. The highest BCUT2D eigenvalue weighted by molar-refractivity contribution is 7.13. The van der Waals surface area contributed by atoms with Crippen molar-refractivity contribution in [2.75, 3.05) is 5.32 Å². The molecule has 11 heteroatoms. The first-order valence-electron chi connectivity index (χ1n) is 9.75. The molecule has 0 bridgehead atoms. The van der Waals surface area contributed by atoms with Crippen LogP contribution in [0.2, 0.25) is 0 Å². The van der Waals surface area contributed by atoms with Crippen molar-refractivity contribution in [3.63, 3.8) is 0 Å². The fraction of sp³-hybridized carbons (Fsp3) is 0.0909. The van der Waals surface area contributed by atoms with Crippen LogP contribution in [0.25, 0.3) is 21.9 Å². The van der Waals surface area contributed by atoms with E-state index in [0.717, 1.165) is 10.2 Å². The van der Waals surface area contributed by atoms with E-state index >= 15 is 0 Å². The molecule has 0 unspecified atom stereocenters. The predicted molar refractivity (Wildman–Crippen MR) is 122 cm³/mol. The molecule has 0 aliphatic heterocycles. The Morgan fingerprint density at radius 1 is 1.09 bits per heavy atom. The first-order chi connectivity index (χ1) is 15.8. The molecule has 4 heterocycles. The number of rotatable bonds is 5. The van der Waals surface area contributed by atoms with Gasteiger partial charge in [-0.05, 0) is 48.2 Å². The normalized spacial score (nSPS) is 11.8. The Hall–Kier alpha value is -3.63. The predicted octanol–water partition coefficient (Wildman–Crippen LogP) is 5.49. The number of carbonyl (C=O) groups is 1. The number of anilines is 1. The average Bonchev–Trinajstić information content (AvgIpc) is 3.52. The number of amides is 1. The van der Waals surface area contributed by atoms with Crippen LogP contribution in [0.3, 0.4) is 0 Å². The van der Waals surface area contributed by atoms with Gasteiger partial charge in [-0.1, -0.05) is 24.3 Å². The van der Waals surface area contributed by atoms with E-state index in [1.165, 1.54) is 23.5 Å². The van der Waals surface area contributed by atoms with Crippen LogP contribution in [0.4, 0.5) is 14.6 Å². The van der Waals surface area contributed by atoms with Gasteiger partial charge in [0.2, 0.25) is 0 Å². The van der Waals surface area contributed by atoms with E-state index in [1.807, 2.05) is 35.7 Å². The van der Waals surface area contributed by atoms with Gasteiger partial charge in [-0.2, -0.15) is 19.0 Å². The quantitative estimate of drug-likeness (QED) is 0.334. The summed E-state index contributed by atoms with van der Waals surface area (Å²) in [7, 11) is 0. The molecular formula is C22H15ClF2N6OS. The second kappa shape index (κ2) is 8.05. The molecule has 0 spiro atoms. The molecule has 0 radical (unpaired) electrons. The zero-order valence-electron chi connectivity index (χ0n) is 17.0. The minimum Gasteiger partial charge on any atom is -0.305 e. The van der Waals surface area contributed by atoms with E-state index < -0.39 is 17.0 Å². The summed E-state index contributed by atoms with van der Waals surface area (Å²) in [5.74, 6) is -0.185. The number of aryl methyl sites for hydroxylation is 1. The van der Waals surface area contributed by atoms with Crippen LogP contribution in [-0.2, 0) is 5.38 Å². The van der Waals surface area contributed by atoms with Crippen LogP contribution < -0.4 is 5.32 Å². The van der Waals surface area contributed by atoms with Crippen LogP contribution in [0.15, 0.2) is 66.0 Å². The number of nitrogens with one attached hydrogen (secondary N) is 1. The minimum absolute atomic E-state index is 0.0779. The maximum Gasteiger partial charge on any atom is 0.364 e. The summed E-state index contributed by atoms with van der Waals surface area (Å²) < 4.78 is 30.8. The van der Waals surface area contributed by atoms with Crippen LogP contribution in [0, 0.1) is 6.92 Å². The number of alkyl halides is 3. The lowest BCUT2D eigenvalue weighted by atomic mass is 10.2. The Morgan fingerprint density at radius 3 is 2.58 bits per heavy atom. The number of hydrogen-bond acceptors (Lipinski definition) is 5. The highest BCUT2D eigenvalue weighted by Gasteiger charge is 2.33. The van der Waals surface area contributed by atoms with Gasteiger partial charge in [0, 0.05) is 12.1 Å². The lowest BCUT2D eigenvalue weighted by Crippen LogP contribution is -2.17. The van der Waals surface area contributed by atoms with Gasteiger partial charge in [0.1, 0.15) is 11.5 Å². The minimum atomic E-state index is -3.71. The van der Waals surface area contributed by atoms with Crippen molar-refractivity contribution < 1.29 is 13.6 Å². The lowest BCUT2D eigenvalue weighted by Gasteiger charge is -2.11. The third-order valence-corrected chi connectivity index (χ3v) is 5.88. The van der Waals surface area contributed by atoms with Gasteiger partial charge in [-0.15, -0.1) is 11.3 Å². The fourth-order valence-electron chi connectivity index (χ4n) is 3.37. The van der Waals surface area contributed by atoms with E-state index in [9.17, 15) is 13.6 Å². The average molecular weight is 485 g/mol. The molecule has 0 aliphatic rings. The maximum absolute atomic E-state index is 14.2. The van der Waals surface area contributed by atoms with Crippen molar-refractivity contribution in [2.24, 2.45) is 0 Å². The molecule has 1 N–H and O–H groups in total. The van der Waals surface area contributed by atoms with Crippen molar-refractivity contribution in [1.29, 1.82) is 0 Å². The fourth-order valence-corrected chi connectivity index (χ4v) is 4.19. The van der Waals surface area contributed by atoms with E-state index in [-0.39, 0.29) is 11.3 Å². The molecule has 33 heavy (non-hydrogen) atoms. The maximum atomic E-state index is 14.2. The van der Waals surface area contributed by atoms with Gasteiger partial charge in [-0.25, -0.2) is 14.2 Å². The molecule has 7 nitrogen and oxygen atoms in total. The topological polar surface area (TPSA) is 77.1 Å². The van der Waals surface area contributed by atoms with Gasteiger partial charge in [-0.3, -0.25) is 4.79 Å². The second-order valence-corrected chi connectivity index (χ2v) is 8.60. The van der Waals surface area contributed by atoms with Crippen LogP contribution in [0.5, 0.6) is 0 Å². The molecule has 0 aliphatic carbocycles. The first kappa shape index (κ1) is 21.2. The molecule has 5 rings (SSSR count). The molecule has 0 saturated carbocycles. The van der Waals surface area contributed by atoms with Crippen molar-refractivity contribution in [1.82, 2.24) is 24.4 Å². The molecule has 1 aromatic carbocycles. The molecule has 0 atom stereocenters.